The van der Waals surface area contributed by atoms with Crippen molar-refractivity contribution in [2.75, 3.05) is 13.7 Å². The molecular formula is C12H13BrFN3O2. The summed E-state index contributed by atoms with van der Waals surface area (Å²) in [7, 11) is 1.59. The fourth-order valence-corrected chi connectivity index (χ4v) is 1.97. The highest BCUT2D eigenvalue weighted by molar-refractivity contribution is 9.10. The molecule has 0 aliphatic carbocycles. The van der Waals surface area contributed by atoms with Gasteiger partial charge in [-0.05, 0) is 34.1 Å². The molecule has 1 aromatic heterocycles. The van der Waals surface area contributed by atoms with Gasteiger partial charge in [0, 0.05) is 19.2 Å². The van der Waals surface area contributed by atoms with E-state index in [1.54, 1.807) is 23.8 Å². The Morgan fingerprint density at radius 2 is 2.21 bits per heavy atom. The zero-order valence-electron chi connectivity index (χ0n) is 10.3. The molecule has 0 amide bonds. The minimum Gasteiger partial charge on any atom is -0.388 e. The van der Waals surface area contributed by atoms with Gasteiger partial charge in [0.15, 0.2) is 11.6 Å². The minimum absolute atomic E-state index is 0.226. The zero-order valence-corrected chi connectivity index (χ0v) is 11.9. The van der Waals surface area contributed by atoms with Gasteiger partial charge in [0.2, 0.25) is 0 Å². The lowest BCUT2D eigenvalue weighted by molar-refractivity contribution is 0.183. The molecule has 1 N–H and O–H groups in total. The van der Waals surface area contributed by atoms with Crippen LogP contribution in [0.3, 0.4) is 0 Å². The Balaban J connectivity index is 2.42. The zero-order chi connectivity index (χ0) is 13.8. The number of aromatic nitrogens is 3. The van der Waals surface area contributed by atoms with Crippen LogP contribution in [0.25, 0.3) is 11.4 Å². The second-order valence-corrected chi connectivity index (χ2v) is 4.73. The first-order valence-electron chi connectivity index (χ1n) is 5.64. The number of hydrogen-bond donors (Lipinski definition) is 1. The fourth-order valence-electron chi connectivity index (χ4n) is 1.72. The number of nitrogens with zero attached hydrogens (tertiary/aromatic N) is 3. The maximum atomic E-state index is 13.6. The Hall–Kier alpha value is -1.31. The van der Waals surface area contributed by atoms with Crippen LogP contribution in [0.15, 0.2) is 22.7 Å². The Morgan fingerprint density at radius 3 is 2.84 bits per heavy atom. The van der Waals surface area contributed by atoms with Gasteiger partial charge in [-0.1, -0.05) is 0 Å². The second kappa shape index (κ2) is 6.23. The van der Waals surface area contributed by atoms with E-state index in [1.807, 2.05) is 0 Å². The molecule has 0 saturated carbocycles. The van der Waals surface area contributed by atoms with Gasteiger partial charge in [0.1, 0.15) is 12.4 Å². The van der Waals surface area contributed by atoms with E-state index in [2.05, 4.69) is 26.1 Å². The number of hydrogen-bond acceptors (Lipinski definition) is 4. The third-order valence-corrected chi connectivity index (χ3v) is 3.31. The molecule has 5 nitrogen and oxygen atoms in total. The summed E-state index contributed by atoms with van der Waals surface area (Å²) in [5.74, 6) is 0.562. The largest absolute Gasteiger partial charge is 0.388 e. The first-order valence-corrected chi connectivity index (χ1v) is 6.44. The van der Waals surface area contributed by atoms with Crippen LogP contribution in [-0.4, -0.2) is 33.6 Å². The average Bonchev–Trinajstić information content (AvgIpc) is 2.82. The highest BCUT2D eigenvalue weighted by atomic mass is 79.9. The standard InChI is InChI=1S/C12H13BrFN3O2/c1-19-5-4-17-11(7-18)15-16-12(17)8-2-3-9(13)10(14)6-8/h2-3,6,18H,4-5,7H2,1H3. The van der Waals surface area contributed by atoms with Crippen molar-refractivity contribution in [3.8, 4) is 11.4 Å². The topological polar surface area (TPSA) is 60.2 Å². The Kier molecular flexibility index (Phi) is 4.62. The fraction of sp³-hybridized carbons (Fsp3) is 0.333. The SMILES string of the molecule is COCCn1c(CO)nnc1-c1ccc(Br)c(F)c1. The molecule has 0 fully saturated rings. The first kappa shape index (κ1) is 14.1. The summed E-state index contributed by atoms with van der Waals surface area (Å²) in [4.78, 5) is 0. The van der Waals surface area contributed by atoms with Gasteiger partial charge in [-0.2, -0.15) is 0 Å². The predicted octanol–water partition coefficient (Wildman–Crippen LogP) is 1.99. The Morgan fingerprint density at radius 1 is 1.42 bits per heavy atom. The molecule has 0 spiro atoms. The van der Waals surface area contributed by atoms with Crippen LogP contribution >= 0.6 is 15.9 Å². The van der Waals surface area contributed by atoms with Crippen molar-refractivity contribution in [1.29, 1.82) is 0 Å². The highest BCUT2D eigenvalue weighted by Crippen LogP contribution is 2.24. The van der Waals surface area contributed by atoms with Crippen LogP contribution in [0.1, 0.15) is 5.82 Å². The van der Waals surface area contributed by atoms with Gasteiger partial charge < -0.3 is 14.4 Å². The van der Waals surface area contributed by atoms with E-state index in [1.165, 1.54) is 6.07 Å². The molecule has 19 heavy (non-hydrogen) atoms. The minimum atomic E-state index is -0.371. The monoisotopic (exact) mass is 329 g/mol. The lowest BCUT2D eigenvalue weighted by Crippen LogP contribution is -2.10. The summed E-state index contributed by atoms with van der Waals surface area (Å²) in [6.45, 7) is 0.721. The molecule has 2 rings (SSSR count). The van der Waals surface area contributed by atoms with Crippen LogP contribution < -0.4 is 0 Å². The highest BCUT2D eigenvalue weighted by Gasteiger charge is 2.14. The van der Waals surface area contributed by atoms with Gasteiger partial charge >= 0.3 is 0 Å². The third-order valence-electron chi connectivity index (χ3n) is 2.67. The third kappa shape index (κ3) is 2.99. The number of halogens is 2. The predicted molar refractivity (Wildman–Crippen MR) is 70.9 cm³/mol. The first-order chi connectivity index (χ1) is 9.17. The molecule has 0 aliphatic rings. The summed E-state index contributed by atoms with van der Waals surface area (Å²) in [6, 6.07) is 4.72. The number of ether oxygens (including phenoxy) is 1. The number of aliphatic hydroxyl groups excluding tert-OH is 1. The Labute approximate surface area is 118 Å². The van der Waals surface area contributed by atoms with E-state index in [0.29, 0.717) is 34.8 Å². The van der Waals surface area contributed by atoms with Crippen LogP contribution in [0.2, 0.25) is 0 Å². The number of aliphatic hydroxyl groups is 1. The molecule has 102 valence electrons. The summed E-state index contributed by atoms with van der Waals surface area (Å²) in [6.07, 6.45) is 0. The van der Waals surface area contributed by atoms with Gasteiger partial charge in [-0.25, -0.2) is 4.39 Å². The van der Waals surface area contributed by atoms with Gasteiger partial charge in [-0.3, -0.25) is 0 Å². The van der Waals surface area contributed by atoms with Crippen molar-refractivity contribution in [3.63, 3.8) is 0 Å². The van der Waals surface area contributed by atoms with Crippen molar-refractivity contribution in [2.45, 2.75) is 13.2 Å². The molecule has 0 unspecified atom stereocenters. The smallest absolute Gasteiger partial charge is 0.164 e. The molecule has 1 heterocycles. The van der Waals surface area contributed by atoms with Crippen LogP contribution in [0.5, 0.6) is 0 Å². The van der Waals surface area contributed by atoms with E-state index < -0.39 is 0 Å². The van der Waals surface area contributed by atoms with E-state index in [-0.39, 0.29) is 12.4 Å². The molecule has 0 radical (unpaired) electrons. The van der Waals surface area contributed by atoms with Crippen molar-refractivity contribution in [3.05, 3.63) is 34.3 Å². The molecule has 0 aliphatic heterocycles. The summed E-state index contributed by atoms with van der Waals surface area (Å²) in [5, 5.41) is 17.1. The molecule has 0 saturated heterocycles. The van der Waals surface area contributed by atoms with Crippen molar-refractivity contribution in [2.24, 2.45) is 0 Å². The van der Waals surface area contributed by atoms with E-state index in [0.717, 1.165) is 0 Å². The second-order valence-electron chi connectivity index (χ2n) is 3.87. The quantitative estimate of drug-likeness (QED) is 0.911. The summed E-state index contributed by atoms with van der Waals surface area (Å²) < 4.78 is 20.7. The lowest BCUT2D eigenvalue weighted by Gasteiger charge is -2.09. The number of methoxy groups -OCH3 is 1. The van der Waals surface area contributed by atoms with Gasteiger partial charge in [0.05, 0.1) is 11.1 Å². The number of benzene rings is 1. The molecule has 2 aromatic rings. The van der Waals surface area contributed by atoms with Crippen LogP contribution in [-0.2, 0) is 17.9 Å². The van der Waals surface area contributed by atoms with E-state index >= 15 is 0 Å². The molecule has 7 heteroatoms. The molecular weight excluding hydrogens is 317 g/mol. The summed E-state index contributed by atoms with van der Waals surface area (Å²) >= 11 is 3.10. The van der Waals surface area contributed by atoms with Crippen LogP contribution in [0, 0.1) is 5.82 Å². The van der Waals surface area contributed by atoms with Crippen molar-refractivity contribution >= 4 is 15.9 Å². The van der Waals surface area contributed by atoms with Crippen molar-refractivity contribution < 1.29 is 14.2 Å². The van der Waals surface area contributed by atoms with Gasteiger partial charge in [0.25, 0.3) is 0 Å². The maximum absolute atomic E-state index is 13.6. The normalized spacial score (nSPS) is 10.9. The van der Waals surface area contributed by atoms with Gasteiger partial charge in [-0.15, -0.1) is 10.2 Å². The molecule has 1 aromatic carbocycles. The van der Waals surface area contributed by atoms with Crippen LogP contribution in [0.4, 0.5) is 4.39 Å². The van der Waals surface area contributed by atoms with Crippen molar-refractivity contribution in [1.82, 2.24) is 14.8 Å². The summed E-state index contributed by atoms with van der Waals surface area (Å²) in [5.41, 5.74) is 0.601. The lowest BCUT2D eigenvalue weighted by atomic mass is 10.2. The maximum Gasteiger partial charge on any atom is 0.164 e. The van der Waals surface area contributed by atoms with E-state index in [4.69, 9.17) is 4.74 Å². The average molecular weight is 330 g/mol. The Bertz CT molecular complexity index is 574. The van der Waals surface area contributed by atoms with E-state index in [9.17, 15) is 9.50 Å². The molecule has 0 bridgehead atoms. The number of rotatable bonds is 5. The molecule has 0 atom stereocenters.